The van der Waals surface area contributed by atoms with Crippen LogP contribution in [0.5, 0.6) is 0 Å². The molecule has 0 amide bonds. The molecule has 8 heteroatoms. The SMILES string of the molecule is O=C(ON[C@H]([C@H](O)CNCc1cccc(Cl)c1)C(F)(F)c1ccccc1)c1ccccc1. The van der Waals surface area contributed by atoms with Crippen LogP contribution >= 0.6 is 11.6 Å². The molecule has 0 unspecified atom stereocenters. The molecule has 168 valence electrons. The van der Waals surface area contributed by atoms with Crippen LogP contribution in [0.1, 0.15) is 21.5 Å². The molecule has 3 N–H and O–H groups in total. The van der Waals surface area contributed by atoms with Crippen molar-refractivity contribution in [3.8, 4) is 0 Å². The highest BCUT2D eigenvalue weighted by atomic mass is 35.5. The van der Waals surface area contributed by atoms with Gasteiger partial charge in [-0.25, -0.2) is 4.79 Å². The summed E-state index contributed by atoms with van der Waals surface area (Å²) in [6, 6.07) is 20.2. The van der Waals surface area contributed by atoms with E-state index in [4.69, 9.17) is 16.4 Å². The van der Waals surface area contributed by atoms with Crippen LogP contribution in [0, 0.1) is 0 Å². The molecule has 3 aromatic carbocycles. The highest BCUT2D eigenvalue weighted by Gasteiger charge is 2.46. The molecule has 2 atom stereocenters. The number of nitrogens with one attached hydrogen (secondary N) is 2. The average Bonchev–Trinajstić information content (AvgIpc) is 2.80. The molecule has 0 aliphatic rings. The van der Waals surface area contributed by atoms with Gasteiger partial charge in [0.15, 0.2) is 0 Å². The topological polar surface area (TPSA) is 70.6 Å². The first-order chi connectivity index (χ1) is 15.4. The van der Waals surface area contributed by atoms with Gasteiger partial charge in [-0.15, -0.1) is 5.48 Å². The van der Waals surface area contributed by atoms with E-state index in [9.17, 15) is 9.90 Å². The molecule has 0 fully saturated rings. The Morgan fingerprint density at radius 2 is 1.66 bits per heavy atom. The maximum Gasteiger partial charge on any atom is 0.356 e. The monoisotopic (exact) mass is 460 g/mol. The van der Waals surface area contributed by atoms with Crippen LogP contribution < -0.4 is 10.8 Å². The summed E-state index contributed by atoms with van der Waals surface area (Å²) in [5.74, 6) is -4.37. The van der Waals surface area contributed by atoms with Crippen LogP contribution in [0.4, 0.5) is 8.78 Å². The molecule has 32 heavy (non-hydrogen) atoms. The van der Waals surface area contributed by atoms with Crippen LogP contribution in [0.25, 0.3) is 0 Å². The van der Waals surface area contributed by atoms with E-state index >= 15 is 8.78 Å². The standard InChI is InChI=1S/C24H23ClF2N2O3/c25-20-13-7-8-17(14-20)15-28-16-21(30)22(24(26,27)19-11-5-2-6-12-19)29-32-23(31)18-9-3-1-4-10-18/h1-14,21-22,28-30H,15-16H2/t21-,22-/m1/s1. The van der Waals surface area contributed by atoms with Gasteiger partial charge in [0.05, 0.1) is 11.7 Å². The summed E-state index contributed by atoms with van der Waals surface area (Å²) < 4.78 is 30.5. The maximum absolute atomic E-state index is 15.3. The lowest BCUT2D eigenvalue weighted by molar-refractivity contribution is -0.123. The Morgan fingerprint density at radius 3 is 2.31 bits per heavy atom. The number of aliphatic hydroxyl groups excluding tert-OH is 1. The van der Waals surface area contributed by atoms with E-state index in [0.29, 0.717) is 11.6 Å². The van der Waals surface area contributed by atoms with E-state index in [1.54, 1.807) is 42.5 Å². The number of carbonyl (C=O) groups excluding carboxylic acids is 1. The molecule has 0 aromatic heterocycles. The van der Waals surface area contributed by atoms with Crippen molar-refractivity contribution in [1.82, 2.24) is 10.8 Å². The minimum absolute atomic E-state index is 0.185. The van der Waals surface area contributed by atoms with Crippen molar-refractivity contribution in [1.29, 1.82) is 0 Å². The minimum Gasteiger partial charge on any atom is -0.390 e. The second kappa shape index (κ2) is 11.2. The summed E-state index contributed by atoms with van der Waals surface area (Å²) >= 11 is 5.95. The number of hydrogen-bond donors (Lipinski definition) is 3. The molecule has 0 radical (unpaired) electrons. The highest BCUT2D eigenvalue weighted by Crippen LogP contribution is 2.33. The quantitative estimate of drug-likeness (QED) is 0.393. The van der Waals surface area contributed by atoms with Crippen LogP contribution in [0.2, 0.25) is 5.02 Å². The lowest BCUT2D eigenvalue weighted by Crippen LogP contribution is -2.54. The average molecular weight is 461 g/mol. The Bertz CT molecular complexity index is 1010. The normalized spacial score (nSPS) is 13.4. The largest absolute Gasteiger partial charge is 0.390 e. The molecule has 0 spiro atoms. The summed E-state index contributed by atoms with van der Waals surface area (Å²) in [5, 5.41) is 14.1. The summed E-state index contributed by atoms with van der Waals surface area (Å²) in [7, 11) is 0. The number of benzene rings is 3. The molecule has 0 heterocycles. The van der Waals surface area contributed by atoms with Gasteiger partial charge in [0, 0.05) is 23.7 Å². The minimum atomic E-state index is -3.53. The fraction of sp³-hybridized carbons (Fsp3) is 0.208. The molecule has 3 aromatic rings. The molecule has 0 aliphatic heterocycles. The Labute approximate surface area is 189 Å². The molecule has 0 saturated carbocycles. The smallest absolute Gasteiger partial charge is 0.356 e. The third kappa shape index (κ3) is 6.34. The van der Waals surface area contributed by atoms with Gasteiger partial charge in [-0.05, 0) is 29.8 Å². The van der Waals surface area contributed by atoms with Crippen LogP contribution in [0.15, 0.2) is 84.9 Å². The van der Waals surface area contributed by atoms with Gasteiger partial charge < -0.3 is 15.3 Å². The van der Waals surface area contributed by atoms with E-state index in [2.05, 4.69) is 10.8 Å². The second-order valence-corrected chi connectivity index (χ2v) is 7.60. The highest BCUT2D eigenvalue weighted by molar-refractivity contribution is 6.30. The number of carbonyl (C=O) groups is 1. The van der Waals surface area contributed by atoms with Crippen molar-refractivity contribution in [2.45, 2.75) is 24.6 Å². The van der Waals surface area contributed by atoms with Crippen molar-refractivity contribution in [2.75, 3.05) is 6.54 Å². The zero-order chi connectivity index (χ0) is 23.0. The molecule has 3 rings (SSSR count). The van der Waals surface area contributed by atoms with E-state index < -0.39 is 24.0 Å². The summed E-state index contributed by atoms with van der Waals surface area (Å²) in [5.41, 5.74) is 2.81. The van der Waals surface area contributed by atoms with Gasteiger partial charge in [0.1, 0.15) is 6.04 Å². The summed E-state index contributed by atoms with van der Waals surface area (Å²) in [4.78, 5) is 17.2. The third-order valence-corrected chi connectivity index (χ3v) is 5.03. The third-order valence-electron chi connectivity index (χ3n) is 4.79. The number of rotatable bonds is 10. The van der Waals surface area contributed by atoms with Gasteiger partial charge in [-0.1, -0.05) is 72.3 Å². The van der Waals surface area contributed by atoms with E-state index in [1.807, 2.05) is 6.07 Å². The van der Waals surface area contributed by atoms with Crippen molar-refractivity contribution in [3.63, 3.8) is 0 Å². The molecule has 0 saturated heterocycles. The van der Waals surface area contributed by atoms with Gasteiger partial charge in [-0.2, -0.15) is 8.78 Å². The summed E-state index contributed by atoms with van der Waals surface area (Å²) in [6.07, 6.45) is -1.59. The first-order valence-corrected chi connectivity index (χ1v) is 10.3. The predicted octanol–water partition coefficient (Wildman–Crippen LogP) is 4.31. The van der Waals surface area contributed by atoms with E-state index in [1.165, 1.54) is 36.4 Å². The molecular weight excluding hydrogens is 438 g/mol. The summed E-state index contributed by atoms with van der Waals surface area (Å²) in [6.45, 7) is 0.126. The Morgan fingerprint density at radius 1 is 1.00 bits per heavy atom. The van der Waals surface area contributed by atoms with Gasteiger partial charge in [0.2, 0.25) is 0 Å². The lowest BCUT2D eigenvalue weighted by Gasteiger charge is -2.31. The van der Waals surface area contributed by atoms with Crippen LogP contribution in [-0.4, -0.2) is 29.8 Å². The zero-order valence-electron chi connectivity index (χ0n) is 17.0. The molecule has 0 aliphatic carbocycles. The van der Waals surface area contributed by atoms with Crippen molar-refractivity contribution >= 4 is 17.6 Å². The molecule has 5 nitrogen and oxygen atoms in total. The Balaban J connectivity index is 1.71. The first-order valence-electron chi connectivity index (χ1n) is 9.96. The lowest BCUT2D eigenvalue weighted by atomic mass is 9.97. The van der Waals surface area contributed by atoms with Gasteiger partial charge >= 0.3 is 5.97 Å². The van der Waals surface area contributed by atoms with E-state index in [-0.39, 0.29) is 17.7 Å². The number of halogens is 3. The van der Waals surface area contributed by atoms with Crippen molar-refractivity contribution in [3.05, 3.63) is 107 Å². The van der Waals surface area contributed by atoms with E-state index in [0.717, 1.165) is 5.56 Å². The van der Waals surface area contributed by atoms with Crippen LogP contribution in [-0.2, 0) is 17.3 Å². The van der Waals surface area contributed by atoms with Gasteiger partial charge in [-0.3, -0.25) is 0 Å². The van der Waals surface area contributed by atoms with Gasteiger partial charge in [0.25, 0.3) is 5.92 Å². The fourth-order valence-electron chi connectivity index (χ4n) is 3.11. The van der Waals surface area contributed by atoms with Crippen LogP contribution in [0.3, 0.4) is 0 Å². The first kappa shape index (κ1) is 23.8. The molecule has 0 bridgehead atoms. The number of hydrogen-bond acceptors (Lipinski definition) is 5. The van der Waals surface area contributed by atoms with Crippen molar-refractivity contribution < 1.29 is 23.5 Å². The predicted molar refractivity (Wildman–Crippen MR) is 118 cm³/mol. The second-order valence-electron chi connectivity index (χ2n) is 7.17. The number of alkyl halides is 2. The zero-order valence-corrected chi connectivity index (χ0v) is 17.8. The fourth-order valence-corrected chi connectivity index (χ4v) is 3.33. The maximum atomic E-state index is 15.3. The number of aliphatic hydroxyl groups is 1. The Hall–Kier alpha value is -2.84. The van der Waals surface area contributed by atoms with Crippen molar-refractivity contribution in [2.24, 2.45) is 0 Å². The molecular formula is C24H23ClF2N2O3. The Kier molecular flexibility index (Phi) is 8.30. The number of hydroxylamine groups is 1.